The van der Waals surface area contributed by atoms with Crippen molar-refractivity contribution in [3.8, 4) is 16.2 Å². The number of pyridine rings is 1. The lowest BCUT2D eigenvalue weighted by molar-refractivity contribution is 0.0535. The van der Waals surface area contributed by atoms with Gasteiger partial charge in [-0.25, -0.2) is 4.98 Å². The van der Waals surface area contributed by atoms with Crippen molar-refractivity contribution in [3.05, 3.63) is 65.3 Å². The number of nitrogen functional groups attached to an aromatic ring is 1. The summed E-state index contributed by atoms with van der Waals surface area (Å²) in [4.78, 5) is 17.8. The van der Waals surface area contributed by atoms with Gasteiger partial charge in [0.05, 0.1) is 12.8 Å². The van der Waals surface area contributed by atoms with Crippen LogP contribution in [0.25, 0.3) is 10.4 Å². The van der Waals surface area contributed by atoms with Crippen molar-refractivity contribution in [2.24, 2.45) is 0 Å². The number of thiophene rings is 1. The van der Waals surface area contributed by atoms with Crippen molar-refractivity contribution in [2.45, 2.75) is 12.5 Å². The number of hydrogen-bond donors (Lipinski definition) is 3. The monoisotopic (exact) mass is 384 g/mol. The molecule has 0 saturated heterocycles. The first kappa shape index (κ1) is 19.0. The summed E-state index contributed by atoms with van der Waals surface area (Å²) in [6.45, 7) is -0.423. The molecular weight excluding hydrogens is 364 g/mol. The Morgan fingerprint density at radius 2 is 2.11 bits per heavy atom. The van der Waals surface area contributed by atoms with E-state index in [0.717, 1.165) is 16.0 Å². The van der Waals surface area contributed by atoms with Gasteiger partial charge in [0, 0.05) is 17.0 Å². The van der Waals surface area contributed by atoms with E-state index in [1.54, 1.807) is 23.5 Å². The van der Waals surface area contributed by atoms with E-state index < -0.39 is 6.10 Å². The second-order valence-electron chi connectivity index (χ2n) is 6.02. The van der Waals surface area contributed by atoms with E-state index in [1.165, 1.54) is 6.20 Å². The number of aliphatic hydroxyl groups is 2. The van der Waals surface area contributed by atoms with Crippen LogP contribution in [0.1, 0.15) is 16.1 Å². The summed E-state index contributed by atoms with van der Waals surface area (Å²) < 4.78 is 5.29. The van der Waals surface area contributed by atoms with E-state index in [1.807, 2.05) is 35.7 Å². The van der Waals surface area contributed by atoms with E-state index in [2.05, 4.69) is 4.98 Å². The summed E-state index contributed by atoms with van der Waals surface area (Å²) >= 11 is 1.63. The Morgan fingerprint density at radius 3 is 2.78 bits per heavy atom. The number of nitrogens with two attached hydrogens (primary N) is 1. The Morgan fingerprint density at radius 1 is 1.26 bits per heavy atom. The lowest BCUT2D eigenvalue weighted by Gasteiger charge is -2.10. The van der Waals surface area contributed by atoms with Gasteiger partial charge in [0.2, 0.25) is 0 Å². The number of rotatable bonds is 8. The molecule has 0 aliphatic heterocycles. The van der Waals surface area contributed by atoms with Crippen molar-refractivity contribution in [1.82, 2.24) is 4.98 Å². The molecule has 2 aromatic heterocycles. The van der Waals surface area contributed by atoms with Crippen LogP contribution in [0.2, 0.25) is 0 Å². The number of anilines is 1. The van der Waals surface area contributed by atoms with Crippen molar-refractivity contribution >= 4 is 22.8 Å². The largest absolute Gasteiger partial charge is 0.489 e. The molecule has 0 unspecified atom stereocenters. The van der Waals surface area contributed by atoms with E-state index in [9.17, 15) is 9.90 Å². The molecule has 140 valence electrons. The second-order valence-corrected chi connectivity index (χ2v) is 6.97. The first-order chi connectivity index (χ1) is 13.1. The Kier molecular flexibility index (Phi) is 6.18. The van der Waals surface area contributed by atoms with Crippen molar-refractivity contribution in [3.63, 3.8) is 0 Å². The summed E-state index contributed by atoms with van der Waals surface area (Å²) in [6, 6.07) is 12.9. The summed E-state index contributed by atoms with van der Waals surface area (Å²) in [5.74, 6) is 0.269. The molecule has 3 aromatic rings. The van der Waals surface area contributed by atoms with Crippen molar-refractivity contribution in [1.29, 1.82) is 0 Å². The summed E-state index contributed by atoms with van der Waals surface area (Å²) in [6.07, 6.45) is 0.620. The lowest BCUT2D eigenvalue weighted by atomic mass is 10.0. The highest BCUT2D eigenvalue weighted by molar-refractivity contribution is 7.13. The quantitative estimate of drug-likeness (QED) is 0.407. The number of ether oxygens (including phenoxy) is 1. The van der Waals surface area contributed by atoms with Gasteiger partial charge in [0.1, 0.15) is 24.2 Å². The molecule has 2 heterocycles. The highest BCUT2D eigenvalue weighted by atomic mass is 32.1. The van der Waals surface area contributed by atoms with E-state index in [4.69, 9.17) is 15.6 Å². The van der Waals surface area contributed by atoms with Crippen LogP contribution in [0.4, 0.5) is 5.69 Å². The fraction of sp³-hybridized carbons (Fsp3) is 0.200. The van der Waals surface area contributed by atoms with Gasteiger partial charge >= 0.3 is 0 Å². The fourth-order valence-electron chi connectivity index (χ4n) is 2.49. The summed E-state index contributed by atoms with van der Waals surface area (Å²) in [5.41, 5.74) is 8.71. The molecule has 27 heavy (non-hydrogen) atoms. The minimum atomic E-state index is -0.954. The van der Waals surface area contributed by atoms with E-state index >= 15 is 0 Å². The van der Waals surface area contributed by atoms with Crippen LogP contribution >= 0.6 is 11.3 Å². The van der Waals surface area contributed by atoms with Crippen molar-refractivity contribution < 1.29 is 19.7 Å². The van der Waals surface area contributed by atoms with Gasteiger partial charge in [0.15, 0.2) is 5.78 Å². The topological polar surface area (TPSA) is 106 Å². The SMILES string of the molecule is Nc1ccc(-c2cccs2)cc1CC(=O)c1ccc(OC[C@H](O)CO)cn1. The van der Waals surface area contributed by atoms with Crippen LogP contribution in [0.15, 0.2) is 54.0 Å². The number of ketones is 1. The minimum Gasteiger partial charge on any atom is -0.489 e. The molecular formula is C20H20N2O4S. The zero-order valence-electron chi connectivity index (χ0n) is 14.5. The average molecular weight is 384 g/mol. The van der Waals surface area contributed by atoms with Gasteiger partial charge in [-0.05, 0) is 46.8 Å². The number of carbonyl (C=O) groups is 1. The highest BCUT2D eigenvalue weighted by Gasteiger charge is 2.13. The van der Waals surface area contributed by atoms with Crippen LogP contribution in [0, 0.1) is 0 Å². The smallest absolute Gasteiger partial charge is 0.185 e. The van der Waals surface area contributed by atoms with Gasteiger partial charge in [0.25, 0.3) is 0 Å². The van der Waals surface area contributed by atoms with E-state index in [0.29, 0.717) is 17.1 Å². The number of carbonyl (C=O) groups excluding carboxylic acids is 1. The number of aromatic nitrogens is 1. The molecule has 6 nitrogen and oxygen atoms in total. The molecule has 0 aliphatic rings. The predicted octanol–water partition coefficient (Wildman–Crippen LogP) is 2.55. The van der Waals surface area contributed by atoms with Crippen LogP contribution in [-0.4, -0.2) is 40.3 Å². The van der Waals surface area contributed by atoms with E-state index in [-0.39, 0.29) is 25.4 Å². The zero-order valence-corrected chi connectivity index (χ0v) is 15.4. The maximum absolute atomic E-state index is 12.6. The number of Topliss-reactive ketones (excluding diaryl/α,β-unsaturated/α-hetero) is 1. The molecule has 0 fully saturated rings. The van der Waals surface area contributed by atoms with Crippen LogP contribution < -0.4 is 10.5 Å². The standard InChI is InChI=1S/C20H20N2O4S/c21-17-5-3-13(20-2-1-7-27-20)8-14(17)9-19(25)18-6-4-16(10-22-18)26-12-15(24)11-23/h1-8,10,15,23-24H,9,11-12,21H2/t15-/m1/s1. The third-order valence-electron chi connectivity index (χ3n) is 3.97. The third kappa shape index (κ3) is 4.91. The Hall–Kier alpha value is -2.74. The molecule has 0 saturated carbocycles. The fourth-order valence-corrected chi connectivity index (χ4v) is 3.22. The maximum atomic E-state index is 12.6. The third-order valence-corrected chi connectivity index (χ3v) is 4.89. The van der Waals surface area contributed by atoms with Gasteiger partial charge in [-0.2, -0.15) is 0 Å². The van der Waals surface area contributed by atoms with Crippen LogP contribution in [-0.2, 0) is 6.42 Å². The number of aliphatic hydroxyl groups excluding tert-OH is 2. The molecule has 1 aromatic carbocycles. The maximum Gasteiger partial charge on any atom is 0.185 e. The minimum absolute atomic E-state index is 0.0441. The van der Waals surface area contributed by atoms with Gasteiger partial charge in [-0.1, -0.05) is 12.1 Å². The molecule has 4 N–H and O–H groups in total. The molecule has 0 aliphatic carbocycles. The molecule has 0 spiro atoms. The van der Waals surface area contributed by atoms with Gasteiger partial charge in [-0.3, -0.25) is 4.79 Å². The van der Waals surface area contributed by atoms with Crippen LogP contribution in [0.3, 0.4) is 0 Å². The van der Waals surface area contributed by atoms with Gasteiger partial charge in [-0.15, -0.1) is 11.3 Å². The molecule has 7 heteroatoms. The summed E-state index contributed by atoms with van der Waals surface area (Å²) in [7, 11) is 0. The molecule has 0 amide bonds. The number of hydrogen-bond acceptors (Lipinski definition) is 7. The van der Waals surface area contributed by atoms with Crippen molar-refractivity contribution in [2.75, 3.05) is 18.9 Å². The molecule has 0 bridgehead atoms. The molecule has 1 atom stereocenters. The Labute approximate surface area is 160 Å². The number of benzene rings is 1. The zero-order chi connectivity index (χ0) is 19.2. The van der Waals surface area contributed by atoms with Crippen LogP contribution in [0.5, 0.6) is 5.75 Å². The predicted molar refractivity (Wildman–Crippen MR) is 105 cm³/mol. The summed E-state index contributed by atoms with van der Waals surface area (Å²) in [5, 5.41) is 20.1. The lowest BCUT2D eigenvalue weighted by Crippen LogP contribution is -2.21. The first-order valence-electron chi connectivity index (χ1n) is 8.40. The normalized spacial score (nSPS) is 11.9. The first-order valence-corrected chi connectivity index (χ1v) is 9.28. The number of nitrogens with zero attached hydrogens (tertiary/aromatic N) is 1. The highest BCUT2D eigenvalue weighted by Crippen LogP contribution is 2.28. The Bertz CT molecular complexity index is 895. The average Bonchev–Trinajstić information content (AvgIpc) is 3.23. The Balaban J connectivity index is 1.69. The molecule has 0 radical (unpaired) electrons. The van der Waals surface area contributed by atoms with Gasteiger partial charge < -0.3 is 20.7 Å². The second kappa shape index (κ2) is 8.77. The molecule has 3 rings (SSSR count).